The Labute approximate surface area is 142 Å². The zero-order chi connectivity index (χ0) is 17.1. The van der Waals surface area contributed by atoms with E-state index in [4.69, 9.17) is 4.74 Å². The van der Waals surface area contributed by atoms with E-state index in [0.717, 1.165) is 22.6 Å². The van der Waals surface area contributed by atoms with Gasteiger partial charge in [0.05, 0.1) is 12.8 Å². The van der Waals surface area contributed by atoms with Crippen LogP contribution in [-0.4, -0.2) is 29.3 Å². The zero-order valence-electron chi connectivity index (χ0n) is 13.8. The van der Waals surface area contributed by atoms with E-state index in [9.17, 15) is 9.90 Å². The van der Waals surface area contributed by atoms with Gasteiger partial charge in [-0.15, -0.1) is 0 Å². The highest BCUT2D eigenvalue weighted by Crippen LogP contribution is 2.37. The van der Waals surface area contributed by atoms with Gasteiger partial charge in [0.15, 0.2) is 0 Å². The molecule has 0 bridgehead atoms. The number of carbonyl (C=O) groups excluding carboxylic acids is 1. The number of nitrogens with zero attached hydrogens (tertiary/aromatic N) is 1. The maximum atomic E-state index is 12.0. The first kappa shape index (κ1) is 16.3. The lowest BCUT2D eigenvalue weighted by Crippen LogP contribution is -2.41. The second kappa shape index (κ2) is 6.89. The summed E-state index contributed by atoms with van der Waals surface area (Å²) in [5.41, 5.74) is 2.72. The number of aliphatic hydroxyl groups excluding tert-OH is 1. The highest BCUT2D eigenvalue weighted by Gasteiger charge is 2.31. The SMILES string of the molecule is COc1cccc([C@H]2C=C(c3ccccc3)N(C(C)=O)C(O)C2)c1. The maximum Gasteiger partial charge on any atom is 0.225 e. The summed E-state index contributed by atoms with van der Waals surface area (Å²) in [6.45, 7) is 1.48. The Kier molecular flexibility index (Phi) is 4.67. The highest BCUT2D eigenvalue weighted by molar-refractivity contribution is 5.86. The van der Waals surface area contributed by atoms with Gasteiger partial charge in [-0.3, -0.25) is 9.69 Å². The Bertz CT molecular complexity index is 754. The monoisotopic (exact) mass is 323 g/mol. The minimum Gasteiger partial charge on any atom is -0.497 e. The molecule has 2 aromatic carbocycles. The smallest absolute Gasteiger partial charge is 0.225 e. The molecule has 0 spiro atoms. The second-order valence-corrected chi connectivity index (χ2v) is 5.91. The number of rotatable bonds is 3. The average molecular weight is 323 g/mol. The molecule has 0 aromatic heterocycles. The lowest BCUT2D eigenvalue weighted by Gasteiger charge is -2.36. The number of hydrogen-bond donors (Lipinski definition) is 1. The lowest BCUT2D eigenvalue weighted by molar-refractivity contribution is -0.133. The summed E-state index contributed by atoms with van der Waals surface area (Å²) < 4.78 is 5.30. The molecule has 24 heavy (non-hydrogen) atoms. The summed E-state index contributed by atoms with van der Waals surface area (Å²) in [7, 11) is 1.64. The van der Waals surface area contributed by atoms with Crippen molar-refractivity contribution in [1.82, 2.24) is 4.90 Å². The lowest BCUT2D eigenvalue weighted by atomic mass is 9.88. The quantitative estimate of drug-likeness (QED) is 0.942. The van der Waals surface area contributed by atoms with Crippen molar-refractivity contribution in [1.29, 1.82) is 0 Å². The van der Waals surface area contributed by atoms with Crippen molar-refractivity contribution < 1.29 is 14.6 Å². The van der Waals surface area contributed by atoms with Crippen molar-refractivity contribution in [3.63, 3.8) is 0 Å². The molecule has 124 valence electrons. The molecule has 0 radical (unpaired) electrons. The first-order valence-electron chi connectivity index (χ1n) is 7.99. The van der Waals surface area contributed by atoms with Gasteiger partial charge in [-0.05, 0) is 23.3 Å². The van der Waals surface area contributed by atoms with Crippen LogP contribution in [0.5, 0.6) is 5.75 Å². The number of ether oxygens (including phenoxy) is 1. The van der Waals surface area contributed by atoms with E-state index in [1.165, 1.54) is 11.8 Å². The number of benzene rings is 2. The summed E-state index contributed by atoms with van der Waals surface area (Å²) in [6.07, 6.45) is 1.67. The van der Waals surface area contributed by atoms with Crippen LogP contribution in [0.15, 0.2) is 60.7 Å². The van der Waals surface area contributed by atoms with E-state index in [1.807, 2.05) is 54.6 Å². The molecule has 0 saturated carbocycles. The van der Waals surface area contributed by atoms with E-state index < -0.39 is 6.23 Å². The molecule has 0 saturated heterocycles. The van der Waals surface area contributed by atoms with E-state index in [0.29, 0.717) is 6.42 Å². The highest BCUT2D eigenvalue weighted by atomic mass is 16.5. The van der Waals surface area contributed by atoms with Crippen LogP contribution >= 0.6 is 0 Å². The molecule has 1 aliphatic rings. The van der Waals surface area contributed by atoms with Gasteiger partial charge in [-0.1, -0.05) is 48.5 Å². The molecule has 0 fully saturated rings. The number of methoxy groups -OCH3 is 1. The van der Waals surface area contributed by atoms with E-state index in [-0.39, 0.29) is 11.8 Å². The predicted octanol–water partition coefficient (Wildman–Crippen LogP) is 3.39. The third kappa shape index (κ3) is 3.19. The van der Waals surface area contributed by atoms with Crippen LogP contribution < -0.4 is 4.74 Å². The van der Waals surface area contributed by atoms with Crippen LogP contribution in [-0.2, 0) is 4.79 Å². The molecular weight excluding hydrogens is 302 g/mol. The first-order valence-corrected chi connectivity index (χ1v) is 7.99. The van der Waals surface area contributed by atoms with Crippen LogP contribution in [0.25, 0.3) is 5.70 Å². The molecule has 1 aliphatic heterocycles. The van der Waals surface area contributed by atoms with Crippen LogP contribution in [0.3, 0.4) is 0 Å². The molecular formula is C20H21NO3. The zero-order valence-corrected chi connectivity index (χ0v) is 13.8. The summed E-state index contributed by atoms with van der Waals surface area (Å²) in [5, 5.41) is 10.6. The molecule has 0 aliphatic carbocycles. The maximum absolute atomic E-state index is 12.0. The van der Waals surface area contributed by atoms with E-state index in [1.54, 1.807) is 7.11 Å². The van der Waals surface area contributed by atoms with Crippen molar-refractivity contribution in [2.45, 2.75) is 25.5 Å². The van der Waals surface area contributed by atoms with Gasteiger partial charge in [0.25, 0.3) is 0 Å². The number of amides is 1. The van der Waals surface area contributed by atoms with Crippen molar-refractivity contribution in [2.75, 3.05) is 7.11 Å². The molecule has 2 aromatic rings. The second-order valence-electron chi connectivity index (χ2n) is 5.91. The third-order valence-corrected chi connectivity index (χ3v) is 4.31. The number of hydrogen-bond acceptors (Lipinski definition) is 3. The average Bonchev–Trinajstić information content (AvgIpc) is 2.61. The topological polar surface area (TPSA) is 49.8 Å². The predicted molar refractivity (Wildman–Crippen MR) is 93.3 cm³/mol. The molecule has 1 N–H and O–H groups in total. The Morgan fingerprint density at radius 2 is 1.92 bits per heavy atom. The van der Waals surface area contributed by atoms with Crippen molar-refractivity contribution in [3.8, 4) is 5.75 Å². The van der Waals surface area contributed by atoms with Crippen molar-refractivity contribution >= 4 is 11.6 Å². The third-order valence-electron chi connectivity index (χ3n) is 4.31. The summed E-state index contributed by atoms with van der Waals surface area (Å²) in [5.74, 6) is 0.633. The first-order chi connectivity index (χ1) is 11.6. The van der Waals surface area contributed by atoms with Crippen LogP contribution in [0.2, 0.25) is 0 Å². The summed E-state index contributed by atoms with van der Waals surface area (Å²) >= 11 is 0. The molecule has 1 heterocycles. The molecule has 2 atom stereocenters. The van der Waals surface area contributed by atoms with E-state index >= 15 is 0 Å². The van der Waals surface area contributed by atoms with Gasteiger partial charge in [-0.2, -0.15) is 0 Å². The largest absolute Gasteiger partial charge is 0.497 e. The van der Waals surface area contributed by atoms with Crippen molar-refractivity contribution in [3.05, 3.63) is 71.8 Å². The Balaban J connectivity index is 2.06. The van der Waals surface area contributed by atoms with Gasteiger partial charge >= 0.3 is 0 Å². The summed E-state index contributed by atoms with van der Waals surface area (Å²) in [4.78, 5) is 13.5. The Hall–Kier alpha value is -2.59. The van der Waals surface area contributed by atoms with E-state index in [2.05, 4.69) is 6.08 Å². The molecule has 4 nitrogen and oxygen atoms in total. The van der Waals surface area contributed by atoms with Gasteiger partial charge in [0.1, 0.15) is 12.0 Å². The fraction of sp³-hybridized carbons (Fsp3) is 0.250. The standard InChI is InChI=1S/C20H21NO3/c1-14(22)21-19(15-7-4-3-5-8-15)12-17(13-20(21)23)16-9-6-10-18(11-16)24-2/h3-12,17,20,23H,13H2,1-2H3/t17-,20?/m0/s1. The Morgan fingerprint density at radius 1 is 1.17 bits per heavy atom. The Morgan fingerprint density at radius 3 is 2.58 bits per heavy atom. The van der Waals surface area contributed by atoms with Crippen LogP contribution in [0.4, 0.5) is 0 Å². The minimum absolute atomic E-state index is 0.0147. The fourth-order valence-corrected chi connectivity index (χ4v) is 3.16. The molecule has 3 rings (SSSR count). The van der Waals surface area contributed by atoms with Gasteiger partial charge in [-0.25, -0.2) is 0 Å². The minimum atomic E-state index is -0.848. The molecule has 1 unspecified atom stereocenters. The number of carbonyl (C=O) groups is 1. The molecule has 4 heteroatoms. The van der Waals surface area contributed by atoms with Crippen LogP contribution in [0.1, 0.15) is 30.4 Å². The fourth-order valence-electron chi connectivity index (χ4n) is 3.16. The van der Waals surface area contributed by atoms with Crippen LogP contribution in [0, 0.1) is 0 Å². The normalized spacial score (nSPS) is 20.5. The number of allylic oxidation sites excluding steroid dienone is 1. The van der Waals surface area contributed by atoms with Gasteiger partial charge in [0.2, 0.25) is 5.91 Å². The van der Waals surface area contributed by atoms with Crippen molar-refractivity contribution in [2.24, 2.45) is 0 Å². The number of aliphatic hydroxyl groups is 1. The molecule has 1 amide bonds. The van der Waals surface area contributed by atoms with Gasteiger partial charge < -0.3 is 9.84 Å². The summed E-state index contributed by atoms with van der Waals surface area (Å²) in [6, 6.07) is 17.5. The van der Waals surface area contributed by atoms with Gasteiger partial charge in [0, 0.05) is 19.3 Å².